The molecule has 0 radical (unpaired) electrons. The molecule has 35 heavy (non-hydrogen) atoms. The Morgan fingerprint density at radius 2 is 1.31 bits per heavy atom. The van der Waals surface area contributed by atoms with Crippen LogP contribution in [0.4, 0.5) is 13.2 Å². The minimum Gasteiger partial charge on any atom is -0.506 e. The highest BCUT2D eigenvalue weighted by Crippen LogP contribution is 2.33. The van der Waals surface area contributed by atoms with Gasteiger partial charge in [0.25, 0.3) is 0 Å². The third kappa shape index (κ3) is 8.18. The monoisotopic (exact) mass is 560 g/mol. The molecule has 0 spiro atoms. The maximum atomic E-state index is 12.2. The van der Waals surface area contributed by atoms with Crippen molar-refractivity contribution >= 4 is 45.3 Å². The average Bonchev–Trinajstić information content (AvgIpc) is 2.79. The van der Waals surface area contributed by atoms with Crippen molar-refractivity contribution in [1.29, 1.82) is 0 Å². The molecule has 14 heteroatoms. The van der Waals surface area contributed by atoms with Gasteiger partial charge in [0, 0.05) is 0 Å². The molecule has 0 fully saturated rings. The molecule has 0 amide bonds. The van der Waals surface area contributed by atoms with Gasteiger partial charge in [-0.05, 0) is 49.2 Å². The number of halogens is 5. The maximum Gasteiger partial charge on any atom is 0.534 e. The molecule has 2 unspecified atom stereocenters. The molecule has 2 aromatic carbocycles. The predicted octanol–water partition coefficient (Wildman–Crippen LogP) is 5.17. The highest BCUT2D eigenvalue weighted by Gasteiger charge is 2.48. The van der Waals surface area contributed by atoms with Gasteiger partial charge in [0.05, 0.1) is 36.1 Å². The highest BCUT2D eigenvalue weighted by atomic mass is 35.5. The van der Waals surface area contributed by atoms with Crippen LogP contribution in [0.2, 0.25) is 10.0 Å². The molecule has 0 saturated carbocycles. The molecule has 0 heterocycles. The first kappa shape index (κ1) is 30.3. The van der Waals surface area contributed by atoms with Crippen molar-refractivity contribution < 1.29 is 49.9 Å². The van der Waals surface area contributed by atoms with Crippen LogP contribution in [0.25, 0.3) is 0 Å². The lowest BCUT2D eigenvalue weighted by Crippen LogP contribution is -2.28. The van der Waals surface area contributed by atoms with Gasteiger partial charge < -0.3 is 18.8 Å². The van der Waals surface area contributed by atoms with E-state index in [2.05, 4.69) is 13.7 Å². The summed E-state index contributed by atoms with van der Waals surface area (Å²) in [5.74, 6) is -2.68. The van der Waals surface area contributed by atoms with Gasteiger partial charge in [-0.3, -0.25) is 9.59 Å². The van der Waals surface area contributed by atoms with E-state index in [0.29, 0.717) is 5.56 Å². The smallest absolute Gasteiger partial charge is 0.506 e. The number of rotatable bonds is 6. The Labute approximate surface area is 209 Å². The third-order valence-electron chi connectivity index (χ3n) is 4.52. The number of aromatic hydroxyl groups is 1. The molecule has 0 aliphatic carbocycles. The van der Waals surface area contributed by atoms with Crippen LogP contribution >= 0.6 is 23.2 Å². The van der Waals surface area contributed by atoms with Crippen LogP contribution in [0, 0.1) is 0 Å². The number of phenols is 1. The summed E-state index contributed by atoms with van der Waals surface area (Å²) in [7, 11) is -3.29. The number of carbonyl (C=O) groups excluding carboxylic acids is 2. The van der Waals surface area contributed by atoms with Crippen molar-refractivity contribution in [3.8, 4) is 11.5 Å². The number of hydrogen-bond donors (Lipinski definition) is 1. The summed E-state index contributed by atoms with van der Waals surface area (Å²) in [6.07, 6.45) is 0. The Morgan fingerprint density at radius 1 is 0.886 bits per heavy atom. The topological polar surface area (TPSA) is 116 Å². The molecule has 8 nitrogen and oxygen atoms in total. The van der Waals surface area contributed by atoms with E-state index < -0.39 is 33.3 Å². The molecule has 0 aliphatic rings. The number of alkyl halides is 3. The van der Waals surface area contributed by atoms with Crippen molar-refractivity contribution in [3.05, 3.63) is 57.6 Å². The Morgan fingerprint density at radius 3 is 1.69 bits per heavy atom. The van der Waals surface area contributed by atoms with Gasteiger partial charge in [0.2, 0.25) is 0 Å². The molecular formula is C21H21Cl2F3O8S. The number of ether oxygens (including phenoxy) is 2. The largest absolute Gasteiger partial charge is 0.534 e. The molecule has 0 aliphatic heterocycles. The van der Waals surface area contributed by atoms with E-state index in [1.807, 2.05) is 0 Å². The summed E-state index contributed by atoms with van der Waals surface area (Å²) in [4.78, 5) is 22.5. The molecule has 0 bridgehead atoms. The first-order chi connectivity index (χ1) is 16.0. The second kappa shape index (κ2) is 12.3. The number of phenolic OH excluding ortho intramolecular Hbond substituents is 1. The SMILES string of the molecule is COC(=O)C(C)c1ccc(O)c(Cl)c1.COC(=O)C(C)c1ccc(OS(=O)(=O)C(F)(F)F)c(Cl)c1. The van der Waals surface area contributed by atoms with E-state index in [4.69, 9.17) is 23.2 Å². The van der Waals surface area contributed by atoms with E-state index in [-0.39, 0.29) is 27.7 Å². The number of carbonyl (C=O) groups is 2. The van der Waals surface area contributed by atoms with Crippen molar-refractivity contribution in [2.45, 2.75) is 31.2 Å². The summed E-state index contributed by atoms with van der Waals surface area (Å²) in [6.45, 7) is 3.21. The fourth-order valence-corrected chi connectivity index (χ4v) is 3.38. The van der Waals surface area contributed by atoms with E-state index in [9.17, 15) is 36.3 Å². The second-order valence-electron chi connectivity index (χ2n) is 6.87. The van der Waals surface area contributed by atoms with Gasteiger partial charge in [0.15, 0.2) is 5.75 Å². The van der Waals surface area contributed by atoms with Crippen LogP contribution in [-0.4, -0.2) is 45.2 Å². The maximum absolute atomic E-state index is 12.2. The first-order valence-electron chi connectivity index (χ1n) is 9.50. The molecule has 0 aromatic heterocycles. The lowest BCUT2D eigenvalue weighted by Gasteiger charge is -2.13. The van der Waals surface area contributed by atoms with Crippen LogP contribution in [0.3, 0.4) is 0 Å². The Kier molecular flexibility index (Phi) is 10.7. The van der Waals surface area contributed by atoms with Crippen LogP contribution in [0.5, 0.6) is 11.5 Å². The van der Waals surface area contributed by atoms with Gasteiger partial charge in [-0.25, -0.2) is 0 Å². The molecule has 2 aromatic rings. The van der Waals surface area contributed by atoms with Gasteiger partial charge in [-0.2, -0.15) is 21.6 Å². The predicted molar refractivity (Wildman–Crippen MR) is 121 cm³/mol. The van der Waals surface area contributed by atoms with E-state index in [1.54, 1.807) is 19.1 Å². The minimum absolute atomic E-state index is 0.00693. The Balaban J connectivity index is 0.000000379. The minimum atomic E-state index is -5.80. The molecule has 1 N–H and O–H groups in total. The summed E-state index contributed by atoms with van der Waals surface area (Å²) < 4.78 is 71.3. The Bertz CT molecular complexity index is 1170. The van der Waals surface area contributed by atoms with E-state index in [1.165, 1.54) is 33.3 Å². The summed E-state index contributed by atoms with van der Waals surface area (Å²) >= 11 is 11.4. The zero-order valence-corrected chi connectivity index (χ0v) is 21.1. The van der Waals surface area contributed by atoms with Crippen LogP contribution < -0.4 is 4.18 Å². The van der Waals surface area contributed by atoms with Gasteiger partial charge in [0.1, 0.15) is 5.75 Å². The summed E-state index contributed by atoms with van der Waals surface area (Å²) in [6, 6.07) is 7.93. The van der Waals surface area contributed by atoms with Gasteiger partial charge in [-0.1, -0.05) is 35.3 Å². The van der Waals surface area contributed by atoms with Crippen molar-refractivity contribution in [2.24, 2.45) is 0 Å². The number of methoxy groups -OCH3 is 2. The van der Waals surface area contributed by atoms with Crippen molar-refractivity contribution in [1.82, 2.24) is 0 Å². The molecular weight excluding hydrogens is 540 g/mol. The van der Waals surface area contributed by atoms with E-state index >= 15 is 0 Å². The number of benzene rings is 2. The van der Waals surface area contributed by atoms with Crippen LogP contribution in [0.1, 0.15) is 36.8 Å². The first-order valence-corrected chi connectivity index (χ1v) is 11.7. The van der Waals surface area contributed by atoms with Gasteiger partial charge >= 0.3 is 27.6 Å². The zero-order chi connectivity index (χ0) is 27.1. The lowest BCUT2D eigenvalue weighted by atomic mass is 10.0. The molecule has 194 valence electrons. The standard InChI is InChI=1S/C11H10ClF3O5S.C10H11ClO3/c1-6(10(16)19-2)7-3-4-9(8(12)5-7)20-21(17,18)11(13,14)15;1-6(10(13)14-2)7-3-4-9(12)8(11)5-7/h3-6H,1-2H3;3-6,12H,1-2H3. The highest BCUT2D eigenvalue weighted by molar-refractivity contribution is 7.88. The fourth-order valence-electron chi connectivity index (χ4n) is 2.44. The summed E-state index contributed by atoms with van der Waals surface area (Å²) in [5, 5.41) is 9.03. The summed E-state index contributed by atoms with van der Waals surface area (Å²) in [5.41, 5.74) is -4.50. The van der Waals surface area contributed by atoms with Gasteiger partial charge in [-0.15, -0.1) is 0 Å². The van der Waals surface area contributed by atoms with Crippen molar-refractivity contribution in [3.63, 3.8) is 0 Å². The Hall–Kier alpha value is -2.70. The van der Waals surface area contributed by atoms with Crippen molar-refractivity contribution in [2.75, 3.05) is 14.2 Å². The second-order valence-corrected chi connectivity index (χ2v) is 9.23. The number of esters is 2. The quantitative estimate of drug-likeness (QED) is 0.292. The van der Waals surface area contributed by atoms with Crippen LogP contribution in [0.15, 0.2) is 36.4 Å². The fraction of sp³-hybridized carbons (Fsp3) is 0.333. The zero-order valence-electron chi connectivity index (χ0n) is 18.7. The van der Waals surface area contributed by atoms with Crippen LogP contribution in [-0.2, 0) is 29.2 Å². The number of hydrogen-bond acceptors (Lipinski definition) is 8. The molecule has 2 atom stereocenters. The third-order valence-corrected chi connectivity index (χ3v) is 6.08. The molecule has 0 saturated heterocycles. The lowest BCUT2D eigenvalue weighted by molar-refractivity contribution is -0.142. The average molecular weight is 561 g/mol. The molecule has 2 rings (SSSR count). The van der Waals surface area contributed by atoms with E-state index in [0.717, 1.165) is 17.7 Å². The normalized spacial score (nSPS) is 13.1.